The molecule has 3 spiro atoms. The maximum Gasteiger partial charge on any atom is 0.224 e. The lowest BCUT2D eigenvalue weighted by Crippen LogP contribution is -2.61. The molecule has 0 aromatic rings. The minimum atomic E-state index is -1.08. The summed E-state index contributed by atoms with van der Waals surface area (Å²) in [6.45, 7) is 0.663. The SMILES string of the molecule is O[C@H]1[C@@H]2OC3(CCCC3)O[C@@H]2CO[C@]12COC1(CCCC1)O2. The van der Waals surface area contributed by atoms with E-state index in [9.17, 15) is 5.11 Å². The summed E-state index contributed by atoms with van der Waals surface area (Å²) in [5.41, 5.74) is 0. The Labute approximate surface area is 130 Å². The Bertz CT molecular complexity index is 446. The van der Waals surface area contributed by atoms with Crippen molar-refractivity contribution >= 4 is 0 Å². The summed E-state index contributed by atoms with van der Waals surface area (Å²) in [5, 5.41) is 10.9. The van der Waals surface area contributed by atoms with Gasteiger partial charge in [0.25, 0.3) is 0 Å². The van der Waals surface area contributed by atoms with Crippen LogP contribution in [0.1, 0.15) is 51.4 Å². The van der Waals surface area contributed by atoms with Gasteiger partial charge in [-0.1, -0.05) is 0 Å². The van der Waals surface area contributed by atoms with Crippen LogP contribution in [0.4, 0.5) is 0 Å². The Balaban J connectivity index is 1.37. The number of hydrogen-bond acceptors (Lipinski definition) is 6. The number of rotatable bonds is 0. The average Bonchev–Trinajstić information content (AvgIpc) is 3.28. The fourth-order valence-electron chi connectivity index (χ4n) is 4.78. The van der Waals surface area contributed by atoms with Crippen LogP contribution in [0, 0.1) is 0 Å². The third-order valence-corrected chi connectivity index (χ3v) is 5.96. The first-order chi connectivity index (χ1) is 10.6. The highest BCUT2D eigenvalue weighted by Crippen LogP contribution is 2.50. The highest BCUT2D eigenvalue weighted by molar-refractivity contribution is 5.03. The molecule has 5 rings (SSSR count). The minimum Gasteiger partial charge on any atom is -0.385 e. The molecule has 0 aromatic carbocycles. The van der Waals surface area contributed by atoms with Gasteiger partial charge in [-0.2, -0.15) is 0 Å². The van der Waals surface area contributed by atoms with Crippen molar-refractivity contribution in [3.05, 3.63) is 0 Å². The smallest absolute Gasteiger partial charge is 0.224 e. The van der Waals surface area contributed by atoms with Crippen molar-refractivity contribution in [3.8, 4) is 0 Å². The zero-order valence-electron chi connectivity index (χ0n) is 12.8. The molecular weight excluding hydrogens is 288 g/mol. The third kappa shape index (κ3) is 1.88. The van der Waals surface area contributed by atoms with Crippen molar-refractivity contribution in [1.29, 1.82) is 0 Å². The van der Waals surface area contributed by atoms with Crippen LogP contribution in [0.3, 0.4) is 0 Å². The zero-order valence-corrected chi connectivity index (χ0v) is 12.8. The standard InChI is InChI=1S/C16H24O6/c17-13-12-11(20-15(21-12)7-3-4-8-15)9-18-16(13)10-19-14(22-16)5-1-2-6-14/h11-13,17H,1-10H2/t11-,12-,13+,16+/m1/s1. The predicted octanol–water partition coefficient (Wildman–Crippen LogP) is 1.45. The number of aliphatic hydroxyl groups is 1. The molecule has 1 N–H and O–H groups in total. The Morgan fingerprint density at radius 1 is 0.818 bits per heavy atom. The van der Waals surface area contributed by atoms with E-state index in [1.165, 1.54) is 0 Å². The van der Waals surface area contributed by atoms with E-state index >= 15 is 0 Å². The van der Waals surface area contributed by atoms with Crippen LogP contribution in [0.25, 0.3) is 0 Å². The maximum atomic E-state index is 10.9. The average molecular weight is 312 g/mol. The molecule has 22 heavy (non-hydrogen) atoms. The summed E-state index contributed by atoms with van der Waals surface area (Å²) >= 11 is 0. The summed E-state index contributed by atoms with van der Waals surface area (Å²) < 4.78 is 30.3. The number of aliphatic hydroxyl groups excluding tert-OH is 1. The Morgan fingerprint density at radius 3 is 2.23 bits per heavy atom. The molecule has 4 atom stereocenters. The van der Waals surface area contributed by atoms with Gasteiger partial charge in [0, 0.05) is 25.7 Å². The molecule has 6 heteroatoms. The molecule has 5 aliphatic rings. The van der Waals surface area contributed by atoms with Gasteiger partial charge in [-0.25, -0.2) is 0 Å². The van der Waals surface area contributed by atoms with Crippen LogP contribution in [-0.2, 0) is 23.7 Å². The van der Waals surface area contributed by atoms with Crippen LogP contribution in [-0.4, -0.2) is 54.0 Å². The molecule has 5 fully saturated rings. The molecule has 2 saturated carbocycles. The topological polar surface area (TPSA) is 66.4 Å². The quantitative estimate of drug-likeness (QED) is 0.730. The Kier molecular flexibility index (Phi) is 2.99. The lowest BCUT2D eigenvalue weighted by molar-refractivity contribution is -0.331. The summed E-state index contributed by atoms with van der Waals surface area (Å²) in [7, 11) is 0. The van der Waals surface area contributed by atoms with Crippen molar-refractivity contribution in [2.45, 2.75) is 87.0 Å². The normalized spacial score (nSPS) is 48.7. The van der Waals surface area contributed by atoms with Crippen LogP contribution < -0.4 is 0 Å². The van der Waals surface area contributed by atoms with E-state index in [1.807, 2.05) is 0 Å². The van der Waals surface area contributed by atoms with E-state index in [1.54, 1.807) is 0 Å². The van der Waals surface area contributed by atoms with Crippen molar-refractivity contribution < 1.29 is 28.8 Å². The highest BCUT2D eigenvalue weighted by atomic mass is 16.9. The van der Waals surface area contributed by atoms with E-state index in [-0.39, 0.29) is 18.8 Å². The van der Waals surface area contributed by atoms with Crippen LogP contribution in [0.5, 0.6) is 0 Å². The van der Waals surface area contributed by atoms with Gasteiger partial charge in [0.1, 0.15) is 24.9 Å². The van der Waals surface area contributed by atoms with Gasteiger partial charge in [0.05, 0.1) is 6.61 Å². The largest absolute Gasteiger partial charge is 0.385 e. The van der Waals surface area contributed by atoms with Gasteiger partial charge < -0.3 is 28.8 Å². The van der Waals surface area contributed by atoms with E-state index in [0.717, 1.165) is 51.4 Å². The van der Waals surface area contributed by atoms with Crippen LogP contribution in [0.15, 0.2) is 0 Å². The van der Waals surface area contributed by atoms with Gasteiger partial charge in [-0.3, -0.25) is 0 Å². The van der Waals surface area contributed by atoms with Gasteiger partial charge >= 0.3 is 0 Å². The molecule has 0 amide bonds. The summed E-state index contributed by atoms with van der Waals surface area (Å²) in [4.78, 5) is 0. The van der Waals surface area contributed by atoms with Crippen molar-refractivity contribution in [1.82, 2.24) is 0 Å². The predicted molar refractivity (Wildman–Crippen MR) is 73.9 cm³/mol. The van der Waals surface area contributed by atoms with Crippen molar-refractivity contribution in [3.63, 3.8) is 0 Å². The van der Waals surface area contributed by atoms with Gasteiger partial charge in [-0.15, -0.1) is 0 Å². The van der Waals surface area contributed by atoms with Gasteiger partial charge in [0.15, 0.2) is 11.6 Å². The van der Waals surface area contributed by atoms with Gasteiger partial charge in [0.2, 0.25) is 5.79 Å². The fraction of sp³-hybridized carbons (Fsp3) is 1.00. The fourth-order valence-corrected chi connectivity index (χ4v) is 4.78. The Morgan fingerprint density at radius 2 is 1.50 bits per heavy atom. The molecule has 3 aliphatic heterocycles. The second-order valence-electron chi connectivity index (χ2n) is 7.43. The lowest BCUT2D eigenvalue weighted by Gasteiger charge is -2.41. The van der Waals surface area contributed by atoms with Gasteiger partial charge in [-0.05, 0) is 25.7 Å². The summed E-state index contributed by atoms with van der Waals surface area (Å²) in [6, 6.07) is 0. The van der Waals surface area contributed by atoms with Crippen LogP contribution in [0.2, 0.25) is 0 Å². The third-order valence-electron chi connectivity index (χ3n) is 5.96. The first-order valence-corrected chi connectivity index (χ1v) is 8.66. The lowest BCUT2D eigenvalue weighted by atomic mass is 9.97. The Hall–Kier alpha value is -0.240. The van der Waals surface area contributed by atoms with E-state index in [4.69, 9.17) is 23.7 Å². The number of ether oxygens (including phenoxy) is 5. The van der Waals surface area contributed by atoms with Crippen molar-refractivity contribution in [2.75, 3.05) is 13.2 Å². The molecule has 6 nitrogen and oxygen atoms in total. The molecule has 0 unspecified atom stereocenters. The number of fused-ring (bicyclic) bond motifs is 1. The summed E-state index contributed by atoms with van der Waals surface area (Å²) in [6.07, 6.45) is 6.53. The van der Waals surface area contributed by atoms with E-state index in [0.29, 0.717) is 6.61 Å². The molecule has 3 saturated heterocycles. The first-order valence-electron chi connectivity index (χ1n) is 8.66. The van der Waals surface area contributed by atoms with E-state index in [2.05, 4.69) is 0 Å². The molecule has 124 valence electrons. The van der Waals surface area contributed by atoms with Crippen molar-refractivity contribution in [2.24, 2.45) is 0 Å². The minimum absolute atomic E-state index is 0.206. The molecular formula is C16H24O6. The molecule has 3 heterocycles. The first kappa shape index (κ1) is 14.1. The summed E-state index contributed by atoms with van der Waals surface area (Å²) in [5.74, 6) is -2.15. The number of hydrogen-bond donors (Lipinski definition) is 1. The second kappa shape index (κ2) is 4.65. The second-order valence-corrected chi connectivity index (χ2v) is 7.43. The molecule has 0 bridgehead atoms. The zero-order chi connectivity index (χ0) is 14.8. The highest BCUT2D eigenvalue weighted by Gasteiger charge is 2.65. The van der Waals surface area contributed by atoms with E-state index < -0.39 is 23.5 Å². The molecule has 0 aromatic heterocycles. The molecule has 0 radical (unpaired) electrons. The maximum absolute atomic E-state index is 10.9. The molecule has 2 aliphatic carbocycles. The monoisotopic (exact) mass is 312 g/mol. The van der Waals surface area contributed by atoms with Crippen LogP contribution >= 0.6 is 0 Å².